The molecule has 2 rings (SSSR count). The van der Waals surface area contributed by atoms with Crippen LogP contribution in [-0.4, -0.2) is 48.6 Å². The average Bonchev–Trinajstić information content (AvgIpc) is 2.33. The van der Waals surface area contributed by atoms with Gasteiger partial charge in [0.05, 0.1) is 0 Å². The topological polar surface area (TPSA) is 35.6 Å². The molecular weight excluding hydrogens is 190 g/mol. The van der Waals surface area contributed by atoms with E-state index in [-0.39, 0.29) is 0 Å². The van der Waals surface area contributed by atoms with E-state index in [0.29, 0.717) is 6.04 Å². The Kier molecular flexibility index (Phi) is 3.97. The molecule has 2 fully saturated rings. The van der Waals surface area contributed by atoms with Crippen LogP contribution in [0.3, 0.4) is 0 Å². The fourth-order valence-corrected chi connectivity index (χ4v) is 2.56. The van der Waals surface area contributed by atoms with E-state index in [1.54, 1.807) is 0 Å². The highest BCUT2D eigenvalue weighted by Gasteiger charge is 2.26. The van der Waals surface area contributed by atoms with Gasteiger partial charge in [-0.3, -0.25) is 9.80 Å². The summed E-state index contributed by atoms with van der Waals surface area (Å²) < 4.78 is 0. The van der Waals surface area contributed by atoms with Gasteiger partial charge in [-0.05, 0) is 12.8 Å². The van der Waals surface area contributed by atoms with Gasteiger partial charge in [0.1, 0.15) is 0 Å². The summed E-state index contributed by atoms with van der Waals surface area (Å²) in [5, 5.41) is 7.28. The fraction of sp³-hybridized carbons (Fsp3) is 0.909. The number of hydrogen-bond acceptors (Lipinski definition) is 3. The van der Waals surface area contributed by atoms with Gasteiger partial charge in [0, 0.05) is 32.2 Å². The van der Waals surface area contributed by atoms with E-state index in [9.17, 15) is 4.79 Å². The summed E-state index contributed by atoms with van der Waals surface area (Å²) in [5.41, 5.74) is 0. The van der Waals surface area contributed by atoms with E-state index >= 15 is 0 Å². The number of carbonyl (C=O) groups excluding carboxylic acids is 1. The highest BCUT2D eigenvalue weighted by Crippen LogP contribution is 2.22. The molecule has 1 N–H and O–H groups in total. The van der Waals surface area contributed by atoms with E-state index in [1.807, 2.05) is 5.01 Å². The Morgan fingerprint density at radius 3 is 2.40 bits per heavy atom. The van der Waals surface area contributed by atoms with Crippen LogP contribution in [0, 0.1) is 0 Å². The molecule has 1 aliphatic carbocycles. The Morgan fingerprint density at radius 2 is 1.80 bits per heavy atom. The summed E-state index contributed by atoms with van der Waals surface area (Å²) >= 11 is 0. The maximum absolute atomic E-state index is 11.0. The van der Waals surface area contributed by atoms with Crippen molar-refractivity contribution >= 4 is 6.41 Å². The molecule has 2 aliphatic rings. The minimum atomic E-state index is 0.411. The van der Waals surface area contributed by atoms with Gasteiger partial charge < -0.3 is 5.32 Å². The molecule has 0 aromatic carbocycles. The second-order valence-corrected chi connectivity index (χ2v) is 4.43. The van der Waals surface area contributed by atoms with Gasteiger partial charge >= 0.3 is 6.41 Å². The standard InChI is InChI=1S/C11H20N3O/c15-10-14(11-4-2-1-3-5-11)13-8-6-12-7-9-13/h11-12H,1-9H2. The van der Waals surface area contributed by atoms with Crippen LogP contribution in [0.25, 0.3) is 0 Å². The zero-order valence-electron chi connectivity index (χ0n) is 9.24. The van der Waals surface area contributed by atoms with Crippen LogP contribution in [0.2, 0.25) is 0 Å². The number of nitrogens with one attached hydrogen (secondary N) is 1. The third kappa shape index (κ3) is 2.69. The highest BCUT2D eigenvalue weighted by molar-refractivity contribution is 5.48. The lowest BCUT2D eigenvalue weighted by Gasteiger charge is -2.40. The molecule has 85 valence electrons. The van der Waals surface area contributed by atoms with Crippen molar-refractivity contribution < 1.29 is 4.79 Å². The van der Waals surface area contributed by atoms with Crippen LogP contribution in [0.5, 0.6) is 0 Å². The van der Waals surface area contributed by atoms with Crippen molar-refractivity contribution in [2.45, 2.75) is 38.1 Å². The minimum absolute atomic E-state index is 0.411. The van der Waals surface area contributed by atoms with Gasteiger partial charge in [-0.15, -0.1) is 0 Å². The molecule has 1 heterocycles. The van der Waals surface area contributed by atoms with E-state index < -0.39 is 0 Å². The van der Waals surface area contributed by atoms with Crippen molar-refractivity contribution in [1.29, 1.82) is 0 Å². The Hall–Kier alpha value is -0.610. The van der Waals surface area contributed by atoms with Crippen LogP contribution in [0.15, 0.2) is 0 Å². The summed E-state index contributed by atoms with van der Waals surface area (Å²) in [4.78, 5) is 11.0. The maximum Gasteiger partial charge on any atom is 0.328 e. The SMILES string of the molecule is O=[C]N(C1CCCCC1)N1CCNCC1. The number of hydrogen-bond donors (Lipinski definition) is 1. The second-order valence-electron chi connectivity index (χ2n) is 4.43. The van der Waals surface area contributed by atoms with Crippen molar-refractivity contribution in [3.63, 3.8) is 0 Å². The monoisotopic (exact) mass is 210 g/mol. The molecule has 0 atom stereocenters. The summed E-state index contributed by atoms with van der Waals surface area (Å²) in [6.45, 7) is 3.83. The highest BCUT2D eigenvalue weighted by atomic mass is 16.1. The summed E-state index contributed by atoms with van der Waals surface area (Å²) in [5.74, 6) is 0. The number of hydrazine groups is 1. The van der Waals surface area contributed by atoms with Gasteiger partial charge in [-0.25, -0.2) is 5.01 Å². The zero-order valence-corrected chi connectivity index (χ0v) is 9.24. The van der Waals surface area contributed by atoms with Crippen molar-refractivity contribution in [3.05, 3.63) is 0 Å². The Bertz CT molecular complexity index is 180. The van der Waals surface area contributed by atoms with Crippen molar-refractivity contribution in [3.8, 4) is 0 Å². The predicted octanol–water partition coefficient (Wildman–Crippen LogP) is 0.508. The van der Waals surface area contributed by atoms with E-state index in [0.717, 1.165) is 39.0 Å². The Balaban J connectivity index is 1.91. The Morgan fingerprint density at radius 1 is 1.13 bits per heavy atom. The van der Waals surface area contributed by atoms with Crippen molar-refractivity contribution in [2.24, 2.45) is 0 Å². The van der Waals surface area contributed by atoms with Gasteiger partial charge in [-0.2, -0.15) is 0 Å². The number of nitrogens with zero attached hydrogens (tertiary/aromatic N) is 2. The Labute approximate surface area is 91.6 Å². The molecular formula is C11H20N3O. The molecule has 0 unspecified atom stereocenters. The molecule has 4 heteroatoms. The number of rotatable bonds is 3. The first-order valence-electron chi connectivity index (χ1n) is 6.04. The maximum atomic E-state index is 11.0. The smallest absolute Gasteiger partial charge is 0.314 e. The summed E-state index contributed by atoms with van der Waals surface area (Å²) in [7, 11) is 0. The first kappa shape index (κ1) is 10.9. The fourth-order valence-electron chi connectivity index (χ4n) is 2.56. The summed E-state index contributed by atoms with van der Waals surface area (Å²) in [6, 6.07) is 0.411. The van der Waals surface area contributed by atoms with Crippen LogP contribution in [-0.2, 0) is 4.79 Å². The number of amides is 1. The van der Waals surface area contributed by atoms with Gasteiger partial charge in [0.2, 0.25) is 0 Å². The number of piperazine rings is 1. The first-order valence-corrected chi connectivity index (χ1v) is 6.04. The minimum Gasteiger partial charge on any atom is -0.314 e. The summed E-state index contributed by atoms with van der Waals surface area (Å²) in [6.07, 6.45) is 8.27. The molecule has 0 spiro atoms. The van der Waals surface area contributed by atoms with Crippen molar-refractivity contribution in [2.75, 3.05) is 26.2 Å². The quantitative estimate of drug-likeness (QED) is 0.689. The first-order chi connectivity index (χ1) is 7.42. The zero-order chi connectivity index (χ0) is 10.5. The molecule has 1 saturated carbocycles. The molecule has 1 aliphatic heterocycles. The lowest BCUT2D eigenvalue weighted by atomic mass is 9.95. The van der Waals surface area contributed by atoms with Crippen LogP contribution < -0.4 is 5.32 Å². The van der Waals surface area contributed by atoms with E-state index in [4.69, 9.17) is 0 Å². The molecule has 0 aromatic rings. The lowest BCUT2D eigenvalue weighted by Crippen LogP contribution is -2.55. The van der Waals surface area contributed by atoms with E-state index in [2.05, 4.69) is 16.7 Å². The van der Waals surface area contributed by atoms with Gasteiger partial charge in [0.25, 0.3) is 0 Å². The molecule has 1 saturated heterocycles. The predicted molar refractivity (Wildman–Crippen MR) is 58.8 cm³/mol. The molecule has 1 amide bonds. The largest absolute Gasteiger partial charge is 0.328 e. The molecule has 1 radical (unpaired) electrons. The second kappa shape index (κ2) is 5.47. The molecule has 0 aromatic heterocycles. The van der Waals surface area contributed by atoms with Crippen LogP contribution in [0.1, 0.15) is 32.1 Å². The average molecular weight is 210 g/mol. The third-order valence-corrected chi connectivity index (χ3v) is 3.41. The third-order valence-electron chi connectivity index (χ3n) is 3.41. The van der Waals surface area contributed by atoms with Gasteiger partial charge in [0.15, 0.2) is 0 Å². The molecule has 15 heavy (non-hydrogen) atoms. The lowest BCUT2D eigenvalue weighted by molar-refractivity contribution is -0.0158. The van der Waals surface area contributed by atoms with Gasteiger partial charge in [-0.1, -0.05) is 19.3 Å². The van der Waals surface area contributed by atoms with E-state index in [1.165, 1.54) is 19.3 Å². The molecule has 0 bridgehead atoms. The van der Waals surface area contributed by atoms with Crippen molar-refractivity contribution in [1.82, 2.24) is 15.3 Å². The molecule has 4 nitrogen and oxygen atoms in total. The normalized spacial score (nSPS) is 25.1. The van der Waals surface area contributed by atoms with Crippen LogP contribution >= 0.6 is 0 Å². The van der Waals surface area contributed by atoms with Crippen LogP contribution in [0.4, 0.5) is 0 Å².